The third kappa shape index (κ3) is 3.04. The van der Waals surface area contributed by atoms with Gasteiger partial charge in [-0.3, -0.25) is 0 Å². The summed E-state index contributed by atoms with van der Waals surface area (Å²) in [5.74, 6) is 0. The molecular formula is C16H22N2. The molecule has 0 amide bonds. The van der Waals surface area contributed by atoms with Gasteiger partial charge in [0.2, 0.25) is 0 Å². The average molecular weight is 242 g/mol. The molecule has 0 aromatic heterocycles. The molecule has 0 atom stereocenters. The second kappa shape index (κ2) is 7.38. The molecule has 18 heavy (non-hydrogen) atoms. The van der Waals surface area contributed by atoms with Crippen LogP contribution in [0.3, 0.4) is 0 Å². The average Bonchev–Trinajstić information content (AvgIpc) is 2.49. The van der Waals surface area contributed by atoms with Crippen molar-refractivity contribution in [2.45, 2.75) is 27.7 Å². The fraction of sp³-hybridized carbons (Fsp3) is 0.250. The maximum absolute atomic E-state index is 3.38. The number of anilines is 4. The zero-order valence-electron chi connectivity index (χ0n) is 11.6. The first-order valence-corrected chi connectivity index (χ1v) is 6.65. The molecule has 2 nitrogen and oxygen atoms in total. The minimum absolute atomic E-state index is 1.13. The maximum Gasteiger partial charge on any atom is 0.0624 e. The molecule has 2 heteroatoms. The Hall–Kier alpha value is -1.96. The van der Waals surface area contributed by atoms with E-state index >= 15 is 0 Å². The summed E-state index contributed by atoms with van der Waals surface area (Å²) in [6.07, 6.45) is 0. The molecule has 1 aliphatic heterocycles. The highest BCUT2D eigenvalue weighted by Crippen LogP contribution is 2.37. The van der Waals surface area contributed by atoms with E-state index in [9.17, 15) is 0 Å². The van der Waals surface area contributed by atoms with Crippen LogP contribution in [0.2, 0.25) is 0 Å². The minimum Gasteiger partial charge on any atom is -0.352 e. The summed E-state index contributed by atoms with van der Waals surface area (Å²) in [6, 6.07) is 16.4. The van der Waals surface area contributed by atoms with E-state index in [1.54, 1.807) is 0 Å². The van der Waals surface area contributed by atoms with Gasteiger partial charge in [-0.1, -0.05) is 52.0 Å². The van der Waals surface area contributed by atoms with Gasteiger partial charge in [-0.25, -0.2) is 0 Å². The van der Waals surface area contributed by atoms with Crippen LogP contribution in [0.5, 0.6) is 0 Å². The topological polar surface area (TPSA) is 24.1 Å². The first kappa shape index (κ1) is 14.1. The third-order valence-corrected chi connectivity index (χ3v) is 2.39. The lowest BCUT2D eigenvalue weighted by Gasteiger charge is -2.22. The lowest BCUT2D eigenvalue weighted by Crippen LogP contribution is -2.05. The van der Waals surface area contributed by atoms with Gasteiger partial charge >= 0.3 is 0 Å². The van der Waals surface area contributed by atoms with E-state index in [1.807, 2.05) is 52.0 Å². The monoisotopic (exact) mass is 242 g/mol. The van der Waals surface area contributed by atoms with Crippen molar-refractivity contribution in [3.8, 4) is 0 Å². The quantitative estimate of drug-likeness (QED) is 0.541. The Kier molecular flexibility index (Phi) is 5.78. The normalized spacial score (nSPS) is 10.0. The van der Waals surface area contributed by atoms with E-state index in [1.165, 1.54) is 0 Å². The van der Waals surface area contributed by atoms with E-state index < -0.39 is 0 Å². The Morgan fingerprint density at radius 3 is 0.944 bits per heavy atom. The molecule has 2 aromatic rings. The van der Waals surface area contributed by atoms with Crippen LogP contribution in [-0.4, -0.2) is 0 Å². The number of para-hydroxylation sites is 4. The zero-order chi connectivity index (χ0) is 13.4. The van der Waals surface area contributed by atoms with Gasteiger partial charge in [-0.15, -0.1) is 0 Å². The first-order valence-electron chi connectivity index (χ1n) is 6.65. The fourth-order valence-corrected chi connectivity index (χ4v) is 1.69. The van der Waals surface area contributed by atoms with Crippen LogP contribution in [0.25, 0.3) is 0 Å². The number of rotatable bonds is 0. The van der Waals surface area contributed by atoms with E-state index in [0.29, 0.717) is 0 Å². The van der Waals surface area contributed by atoms with Crippen LogP contribution < -0.4 is 10.6 Å². The lowest BCUT2D eigenvalue weighted by molar-refractivity contribution is 1.45. The fourth-order valence-electron chi connectivity index (χ4n) is 1.69. The second-order valence-corrected chi connectivity index (χ2v) is 3.34. The summed E-state index contributed by atoms with van der Waals surface area (Å²) in [4.78, 5) is 0. The Balaban J connectivity index is 0.000000371. The maximum atomic E-state index is 3.38. The van der Waals surface area contributed by atoms with E-state index in [0.717, 1.165) is 22.7 Å². The zero-order valence-corrected chi connectivity index (χ0v) is 11.6. The summed E-state index contributed by atoms with van der Waals surface area (Å²) in [7, 11) is 0. The predicted molar refractivity (Wildman–Crippen MR) is 82.1 cm³/mol. The highest BCUT2D eigenvalue weighted by atomic mass is 15.0. The van der Waals surface area contributed by atoms with Crippen LogP contribution in [0.15, 0.2) is 48.5 Å². The molecule has 0 fully saturated rings. The molecule has 0 spiro atoms. The molecule has 96 valence electrons. The molecule has 2 aromatic carbocycles. The largest absolute Gasteiger partial charge is 0.352 e. The molecule has 2 N–H and O–H groups in total. The SMILES string of the molecule is CC.CC.c1ccc2c(c1)Nc1ccccc1N2. The highest BCUT2D eigenvalue weighted by molar-refractivity contribution is 5.89. The van der Waals surface area contributed by atoms with Gasteiger partial charge in [0.25, 0.3) is 0 Å². The van der Waals surface area contributed by atoms with Crippen LogP contribution in [0.1, 0.15) is 27.7 Å². The van der Waals surface area contributed by atoms with Crippen molar-refractivity contribution in [2.75, 3.05) is 10.6 Å². The molecule has 1 aliphatic rings. The van der Waals surface area contributed by atoms with Crippen molar-refractivity contribution >= 4 is 22.7 Å². The van der Waals surface area contributed by atoms with Crippen molar-refractivity contribution in [1.29, 1.82) is 0 Å². The van der Waals surface area contributed by atoms with Crippen molar-refractivity contribution in [2.24, 2.45) is 0 Å². The van der Waals surface area contributed by atoms with Gasteiger partial charge in [-0.05, 0) is 24.3 Å². The van der Waals surface area contributed by atoms with Gasteiger partial charge in [0, 0.05) is 0 Å². The minimum atomic E-state index is 1.13. The molecule has 0 saturated carbocycles. The van der Waals surface area contributed by atoms with Crippen molar-refractivity contribution in [3.05, 3.63) is 48.5 Å². The van der Waals surface area contributed by atoms with Crippen LogP contribution in [0, 0.1) is 0 Å². The van der Waals surface area contributed by atoms with Crippen LogP contribution in [-0.2, 0) is 0 Å². The van der Waals surface area contributed by atoms with E-state index in [-0.39, 0.29) is 0 Å². The summed E-state index contributed by atoms with van der Waals surface area (Å²) >= 11 is 0. The number of nitrogens with one attached hydrogen (secondary N) is 2. The Labute approximate surface area is 110 Å². The van der Waals surface area contributed by atoms with Gasteiger partial charge < -0.3 is 10.6 Å². The lowest BCUT2D eigenvalue weighted by atomic mass is 10.1. The second-order valence-electron chi connectivity index (χ2n) is 3.34. The number of hydrogen-bond donors (Lipinski definition) is 2. The molecule has 0 radical (unpaired) electrons. The predicted octanol–water partition coefficient (Wildman–Crippen LogP) is 5.54. The van der Waals surface area contributed by atoms with Gasteiger partial charge in [0.05, 0.1) is 22.7 Å². The molecule has 0 unspecified atom stereocenters. The summed E-state index contributed by atoms with van der Waals surface area (Å²) in [5.41, 5.74) is 4.52. The summed E-state index contributed by atoms with van der Waals surface area (Å²) < 4.78 is 0. The molecule has 1 heterocycles. The molecule has 0 saturated heterocycles. The van der Waals surface area contributed by atoms with Gasteiger partial charge in [0.1, 0.15) is 0 Å². The van der Waals surface area contributed by atoms with Crippen molar-refractivity contribution in [1.82, 2.24) is 0 Å². The molecular weight excluding hydrogens is 220 g/mol. The first-order chi connectivity index (χ1) is 8.93. The number of benzene rings is 2. The van der Waals surface area contributed by atoms with Gasteiger partial charge in [0.15, 0.2) is 0 Å². The Morgan fingerprint density at radius 1 is 0.500 bits per heavy atom. The Bertz CT molecular complexity index is 391. The van der Waals surface area contributed by atoms with Crippen LogP contribution in [0.4, 0.5) is 22.7 Å². The molecule has 3 rings (SSSR count). The van der Waals surface area contributed by atoms with E-state index in [4.69, 9.17) is 0 Å². The van der Waals surface area contributed by atoms with Crippen LogP contribution >= 0.6 is 0 Å². The van der Waals surface area contributed by atoms with Crippen molar-refractivity contribution < 1.29 is 0 Å². The molecule has 0 bridgehead atoms. The highest BCUT2D eigenvalue weighted by Gasteiger charge is 2.11. The summed E-state index contributed by atoms with van der Waals surface area (Å²) in [5, 5.41) is 6.76. The molecule has 0 aliphatic carbocycles. The van der Waals surface area contributed by atoms with E-state index in [2.05, 4.69) is 34.9 Å². The number of hydrogen-bond acceptors (Lipinski definition) is 2. The number of fused-ring (bicyclic) bond motifs is 2. The Morgan fingerprint density at radius 2 is 0.722 bits per heavy atom. The standard InChI is InChI=1S/C12H10N2.2C2H6/c1-2-6-10-9(5-1)13-11-7-3-4-8-12(11)14-10;2*1-2/h1-8,13-14H;2*1-2H3. The summed E-state index contributed by atoms with van der Waals surface area (Å²) in [6.45, 7) is 8.00. The third-order valence-electron chi connectivity index (χ3n) is 2.39. The van der Waals surface area contributed by atoms with Gasteiger partial charge in [-0.2, -0.15) is 0 Å². The van der Waals surface area contributed by atoms with Crippen molar-refractivity contribution in [3.63, 3.8) is 0 Å². The smallest absolute Gasteiger partial charge is 0.0624 e.